The number of fused-ring (bicyclic) bond motifs is 1. The van der Waals surface area contributed by atoms with Gasteiger partial charge in [-0.05, 0) is 24.3 Å². The van der Waals surface area contributed by atoms with Gasteiger partial charge in [-0.15, -0.1) is 0 Å². The molecule has 31 heavy (non-hydrogen) atoms. The lowest BCUT2D eigenvalue weighted by Crippen LogP contribution is -2.52. The van der Waals surface area contributed by atoms with Crippen LogP contribution in [0.5, 0.6) is 5.75 Å². The summed E-state index contributed by atoms with van der Waals surface area (Å²) in [5.41, 5.74) is 2.24. The molecule has 1 aromatic heterocycles. The topological polar surface area (TPSA) is 75.3 Å². The highest BCUT2D eigenvalue weighted by Crippen LogP contribution is 2.42. The van der Waals surface area contributed by atoms with Crippen molar-refractivity contribution < 1.29 is 14.3 Å². The van der Waals surface area contributed by atoms with Gasteiger partial charge in [0.15, 0.2) is 5.78 Å². The zero-order valence-corrected chi connectivity index (χ0v) is 18.0. The SMILES string of the molecule is O=C1CC2(CCN(C(=O)c3cccc(-c4ccn[nH]4)c3)CC2)Oc2cc(Cl)c(Cl)cc21. The number of nitrogens with one attached hydrogen (secondary N) is 1. The summed E-state index contributed by atoms with van der Waals surface area (Å²) >= 11 is 12.2. The third kappa shape index (κ3) is 3.70. The van der Waals surface area contributed by atoms with Gasteiger partial charge in [0.2, 0.25) is 0 Å². The average Bonchev–Trinajstić information content (AvgIpc) is 3.31. The number of amides is 1. The number of piperidine rings is 1. The molecule has 1 spiro atoms. The average molecular weight is 456 g/mol. The lowest BCUT2D eigenvalue weighted by atomic mass is 9.82. The van der Waals surface area contributed by atoms with Gasteiger partial charge >= 0.3 is 0 Å². The molecule has 2 aliphatic heterocycles. The lowest BCUT2D eigenvalue weighted by Gasteiger charge is -2.44. The van der Waals surface area contributed by atoms with Gasteiger partial charge in [-0.1, -0.05) is 35.3 Å². The zero-order valence-electron chi connectivity index (χ0n) is 16.5. The molecule has 1 saturated heterocycles. The molecule has 1 fully saturated rings. The van der Waals surface area contributed by atoms with E-state index in [2.05, 4.69) is 10.2 Å². The van der Waals surface area contributed by atoms with Crippen LogP contribution in [0.25, 0.3) is 11.3 Å². The number of carbonyl (C=O) groups is 2. The molecule has 3 heterocycles. The third-order valence-corrected chi connectivity index (χ3v) is 6.74. The number of rotatable bonds is 2. The molecular formula is C23H19Cl2N3O3. The molecule has 158 valence electrons. The Bertz CT molecular complexity index is 1170. The van der Waals surface area contributed by atoms with Crippen molar-refractivity contribution in [3.05, 3.63) is 69.8 Å². The first-order chi connectivity index (χ1) is 14.9. The fraction of sp³-hybridized carbons (Fsp3) is 0.261. The van der Waals surface area contributed by atoms with Gasteiger partial charge in [-0.2, -0.15) is 5.10 Å². The molecule has 0 atom stereocenters. The Hall–Kier alpha value is -2.83. The minimum absolute atomic E-state index is 0.00754. The van der Waals surface area contributed by atoms with Crippen molar-refractivity contribution in [3.63, 3.8) is 0 Å². The number of hydrogen-bond donors (Lipinski definition) is 1. The molecular weight excluding hydrogens is 437 g/mol. The highest BCUT2D eigenvalue weighted by atomic mass is 35.5. The summed E-state index contributed by atoms with van der Waals surface area (Å²) in [5.74, 6) is 0.429. The van der Waals surface area contributed by atoms with Crippen LogP contribution in [0.4, 0.5) is 0 Å². The van der Waals surface area contributed by atoms with E-state index >= 15 is 0 Å². The Balaban J connectivity index is 1.31. The van der Waals surface area contributed by atoms with Gasteiger partial charge < -0.3 is 9.64 Å². The van der Waals surface area contributed by atoms with E-state index in [-0.39, 0.29) is 18.1 Å². The van der Waals surface area contributed by atoms with Crippen molar-refractivity contribution >= 4 is 34.9 Å². The number of carbonyl (C=O) groups excluding carboxylic acids is 2. The molecule has 0 saturated carbocycles. The summed E-state index contributed by atoms with van der Waals surface area (Å²) < 4.78 is 6.26. The molecule has 0 bridgehead atoms. The number of ketones is 1. The fourth-order valence-corrected chi connectivity index (χ4v) is 4.62. The van der Waals surface area contributed by atoms with Crippen molar-refractivity contribution in [1.29, 1.82) is 0 Å². The monoisotopic (exact) mass is 455 g/mol. The first-order valence-electron chi connectivity index (χ1n) is 10.0. The van der Waals surface area contributed by atoms with E-state index in [0.29, 0.717) is 52.9 Å². The van der Waals surface area contributed by atoms with Crippen molar-refractivity contribution in [2.45, 2.75) is 24.9 Å². The molecule has 0 radical (unpaired) electrons. The van der Waals surface area contributed by atoms with Gasteiger partial charge in [0, 0.05) is 49.3 Å². The van der Waals surface area contributed by atoms with Crippen molar-refractivity contribution in [3.8, 4) is 17.0 Å². The van der Waals surface area contributed by atoms with E-state index < -0.39 is 5.60 Å². The maximum absolute atomic E-state index is 13.1. The molecule has 0 aliphatic carbocycles. The number of Topliss-reactive ketones (excluding diaryl/α,β-unsaturated/α-hetero) is 1. The predicted molar refractivity (Wildman–Crippen MR) is 118 cm³/mol. The van der Waals surface area contributed by atoms with Gasteiger partial charge in [0.25, 0.3) is 5.91 Å². The van der Waals surface area contributed by atoms with Crippen LogP contribution in [-0.2, 0) is 0 Å². The molecule has 8 heteroatoms. The zero-order chi connectivity index (χ0) is 21.6. The number of nitrogens with zero attached hydrogens (tertiary/aromatic N) is 2. The van der Waals surface area contributed by atoms with Crippen LogP contribution >= 0.6 is 23.2 Å². The largest absolute Gasteiger partial charge is 0.486 e. The third-order valence-electron chi connectivity index (χ3n) is 6.02. The normalized spacial score (nSPS) is 17.4. The first kappa shape index (κ1) is 20.1. The maximum atomic E-state index is 13.1. The van der Waals surface area contributed by atoms with Gasteiger partial charge in [0.05, 0.1) is 27.7 Å². The Kier molecular flexibility index (Phi) is 4.99. The van der Waals surface area contributed by atoms with Crippen LogP contribution in [0.15, 0.2) is 48.7 Å². The predicted octanol–water partition coefficient (Wildman–Crippen LogP) is 5.02. The van der Waals surface area contributed by atoms with E-state index in [1.165, 1.54) is 0 Å². The van der Waals surface area contributed by atoms with Crippen LogP contribution in [0, 0.1) is 0 Å². The van der Waals surface area contributed by atoms with Crippen molar-refractivity contribution in [2.75, 3.05) is 13.1 Å². The van der Waals surface area contributed by atoms with Crippen LogP contribution in [-0.4, -0.2) is 45.5 Å². The van der Waals surface area contributed by atoms with Crippen molar-refractivity contribution in [1.82, 2.24) is 15.1 Å². The summed E-state index contributed by atoms with van der Waals surface area (Å²) in [6.07, 6.45) is 3.10. The minimum Gasteiger partial charge on any atom is -0.486 e. The number of ether oxygens (including phenoxy) is 1. The number of benzene rings is 2. The standard InChI is InChI=1S/C23H19Cl2N3O3/c24-17-11-16-20(29)13-23(31-21(16)12-18(17)25)5-8-28(9-6-23)22(30)15-3-1-2-14(10-15)19-4-7-26-27-19/h1-4,7,10-12H,5-6,8-9,13H2,(H,26,27). The van der Waals surface area contributed by atoms with Crippen LogP contribution in [0.1, 0.15) is 40.0 Å². The van der Waals surface area contributed by atoms with Gasteiger partial charge in [-0.25, -0.2) is 0 Å². The van der Waals surface area contributed by atoms with Crippen LogP contribution < -0.4 is 4.74 Å². The molecule has 5 rings (SSSR count). The van der Waals surface area contributed by atoms with Gasteiger partial charge in [0.1, 0.15) is 11.4 Å². The first-order valence-corrected chi connectivity index (χ1v) is 10.8. The number of halogens is 2. The molecule has 1 amide bonds. The molecule has 0 unspecified atom stereocenters. The second-order valence-corrected chi connectivity index (χ2v) is 8.81. The van der Waals surface area contributed by atoms with E-state index in [1.807, 2.05) is 35.2 Å². The van der Waals surface area contributed by atoms with E-state index in [1.54, 1.807) is 18.3 Å². The van der Waals surface area contributed by atoms with E-state index in [9.17, 15) is 9.59 Å². The van der Waals surface area contributed by atoms with Crippen LogP contribution in [0.2, 0.25) is 10.0 Å². The van der Waals surface area contributed by atoms with Crippen LogP contribution in [0.3, 0.4) is 0 Å². The Morgan fingerprint density at radius 3 is 2.61 bits per heavy atom. The minimum atomic E-state index is -0.615. The molecule has 6 nitrogen and oxygen atoms in total. The summed E-state index contributed by atoms with van der Waals surface area (Å²) in [7, 11) is 0. The van der Waals surface area contributed by atoms with Crippen molar-refractivity contribution in [2.24, 2.45) is 0 Å². The smallest absolute Gasteiger partial charge is 0.253 e. The summed E-state index contributed by atoms with van der Waals surface area (Å²) in [6.45, 7) is 1.02. The Morgan fingerprint density at radius 1 is 1.10 bits per heavy atom. The number of aromatic amines is 1. The number of likely N-dealkylation sites (tertiary alicyclic amines) is 1. The van der Waals surface area contributed by atoms with E-state index in [0.717, 1.165) is 11.3 Å². The number of H-pyrrole nitrogens is 1. The highest BCUT2D eigenvalue weighted by Gasteiger charge is 2.44. The molecule has 1 N–H and O–H groups in total. The summed E-state index contributed by atoms with van der Waals surface area (Å²) in [6, 6.07) is 12.5. The summed E-state index contributed by atoms with van der Waals surface area (Å²) in [5, 5.41) is 7.58. The Labute approximate surface area is 189 Å². The van der Waals surface area contributed by atoms with Gasteiger partial charge in [-0.3, -0.25) is 14.7 Å². The lowest BCUT2D eigenvalue weighted by molar-refractivity contribution is -0.00569. The number of hydrogen-bond acceptors (Lipinski definition) is 4. The Morgan fingerprint density at radius 2 is 1.87 bits per heavy atom. The summed E-state index contributed by atoms with van der Waals surface area (Å²) in [4.78, 5) is 27.7. The fourth-order valence-electron chi connectivity index (χ4n) is 4.30. The maximum Gasteiger partial charge on any atom is 0.253 e. The van der Waals surface area contributed by atoms with E-state index in [4.69, 9.17) is 27.9 Å². The molecule has 2 aliphatic rings. The number of aromatic nitrogens is 2. The molecule has 3 aromatic rings. The second kappa shape index (κ2) is 7.70. The molecule has 2 aromatic carbocycles. The highest BCUT2D eigenvalue weighted by molar-refractivity contribution is 6.42. The second-order valence-electron chi connectivity index (χ2n) is 7.99. The quantitative estimate of drug-likeness (QED) is 0.588.